The molecule has 0 unspecified atom stereocenters. The van der Waals surface area contributed by atoms with Gasteiger partial charge in [-0.1, -0.05) is 0 Å². The molecule has 0 saturated carbocycles. The Morgan fingerprint density at radius 2 is 1.33 bits per heavy atom. The van der Waals surface area contributed by atoms with Gasteiger partial charge in [-0.15, -0.1) is 0 Å². The van der Waals surface area contributed by atoms with Crippen molar-refractivity contribution in [2.75, 3.05) is 33.2 Å². The molecule has 0 heterocycles. The van der Waals surface area contributed by atoms with Gasteiger partial charge in [0.25, 0.3) is 0 Å². The fourth-order valence-electron chi connectivity index (χ4n) is 1.75. The van der Waals surface area contributed by atoms with Gasteiger partial charge < -0.3 is 24.7 Å². The Morgan fingerprint density at radius 3 is 2.00 bits per heavy atom. The van der Waals surface area contributed by atoms with Gasteiger partial charge in [-0.3, -0.25) is 0 Å². The Morgan fingerprint density at radius 1 is 0.762 bits per heavy atom. The number of rotatable bonds is 7. The molecule has 0 amide bonds. The van der Waals surface area contributed by atoms with Crippen LogP contribution in [0.3, 0.4) is 0 Å². The Kier molecular flexibility index (Phi) is 5.15. The van der Waals surface area contributed by atoms with Crippen LogP contribution >= 0.6 is 0 Å². The number of ether oxygens (including phenoxy) is 4. The summed E-state index contributed by atoms with van der Waals surface area (Å²) >= 11 is 0. The summed E-state index contributed by atoms with van der Waals surface area (Å²) in [5.74, 6) is 2.85. The third-order valence-corrected chi connectivity index (χ3v) is 2.89. The van der Waals surface area contributed by atoms with Gasteiger partial charge in [-0.25, -0.2) is 0 Å². The molecule has 0 aliphatic rings. The van der Waals surface area contributed by atoms with Crippen LogP contribution in [0.15, 0.2) is 42.5 Å². The second-order valence-corrected chi connectivity index (χ2v) is 4.28. The molecule has 21 heavy (non-hydrogen) atoms. The molecule has 0 spiro atoms. The monoisotopic (exact) mass is 289 g/mol. The third kappa shape index (κ3) is 4.21. The van der Waals surface area contributed by atoms with E-state index >= 15 is 0 Å². The standard InChI is InChI=1S/C16H19NO4/c1-18-12-3-5-13(6-4-12)20-9-10-21-16-11-14(19-2)7-8-15(16)17/h3-8,11H,9-10,17H2,1-2H3. The number of nitrogen functional groups attached to an aromatic ring is 1. The van der Waals surface area contributed by atoms with E-state index in [4.69, 9.17) is 24.7 Å². The summed E-state index contributed by atoms with van der Waals surface area (Å²) in [4.78, 5) is 0. The van der Waals surface area contributed by atoms with Crippen molar-refractivity contribution in [2.24, 2.45) is 0 Å². The molecule has 5 heteroatoms. The summed E-state index contributed by atoms with van der Waals surface area (Å²) in [7, 11) is 3.23. The molecule has 0 atom stereocenters. The van der Waals surface area contributed by atoms with Crippen LogP contribution in [0.5, 0.6) is 23.0 Å². The zero-order valence-electron chi connectivity index (χ0n) is 12.2. The topological polar surface area (TPSA) is 62.9 Å². The second-order valence-electron chi connectivity index (χ2n) is 4.28. The van der Waals surface area contributed by atoms with E-state index in [9.17, 15) is 0 Å². The number of benzene rings is 2. The van der Waals surface area contributed by atoms with Gasteiger partial charge in [0.05, 0.1) is 19.9 Å². The largest absolute Gasteiger partial charge is 0.497 e. The van der Waals surface area contributed by atoms with Gasteiger partial charge in [0.2, 0.25) is 0 Å². The van der Waals surface area contributed by atoms with Crippen molar-refractivity contribution in [1.82, 2.24) is 0 Å². The lowest BCUT2D eigenvalue weighted by atomic mass is 10.3. The molecule has 0 aromatic heterocycles. The lowest BCUT2D eigenvalue weighted by Gasteiger charge is -2.11. The first-order valence-corrected chi connectivity index (χ1v) is 6.56. The van der Waals surface area contributed by atoms with Crippen molar-refractivity contribution >= 4 is 5.69 Å². The fourth-order valence-corrected chi connectivity index (χ4v) is 1.75. The molecule has 2 rings (SSSR count). The first-order valence-electron chi connectivity index (χ1n) is 6.56. The van der Waals surface area contributed by atoms with Gasteiger partial charge in [-0.05, 0) is 36.4 Å². The van der Waals surface area contributed by atoms with Crippen molar-refractivity contribution in [3.8, 4) is 23.0 Å². The molecule has 2 aromatic rings. The van der Waals surface area contributed by atoms with E-state index in [1.54, 1.807) is 32.4 Å². The highest BCUT2D eigenvalue weighted by molar-refractivity contribution is 5.55. The zero-order valence-corrected chi connectivity index (χ0v) is 12.2. The van der Waals surface area contributed by atoms with Crippen LogP contribution in [0, 0.1) is 0 Å². The maximum absolute atomic E-state index is 5.83. The predicted octanol–water partition coefficient (Wildman–Crippen LogP) is 2.74. The Balaban J connectivity index is 1.81. The maximum Gasteiger partial charge on any atom is 0.146 e. The fraction of sp³-hybridized carbons (Fsp3) is 0.250. The Bertz CT molecular complexity index is 569. The molecule has 5 nitrogen and oxygen atoms in total. The highest BCUT2D eigenvalue weighted by Gasteiger charge is 2.03. The lowest BCUT2D eigenvalue weighted by Crippen LogP contribution is -2.10. The molecule has 0 saturated heterocycles. The van der Waals surface area contributed by atoms with Gasteiger partial charge in [0.1, 0.15) is 36.2 Å². The van der Waals surface area contributed by atoms with Crippen LogP contribution in [0.2, 0.25) is 0 Å². The van der Waals surface area contributed by atoms with Crippen LogP contribution in [-0.4, -0.2) is 27.4 Å². The quantitative estimate of drug-likeness (QED) is 0.627. The Labute approximate surface area is 124 Å². The number of hydrogen-bond donors (Lipinski definition) is 1. The van der Waals surface area contributed by atoms with E-state index in [0.29, 0.717) is 30.4 Å². The molecule has 0 fully saturated rings. The molecular weight excluding hydrogens is 270 g/mol. The van der Waals surface area contributed by atoms with E-state index in [2.05, 4.69) is 0 Å². The van der Waals surface area contributed by atoms with Gasteiger partial charge in [-0.2, -0.15) is 0 Å². The van der Waals surface area contributed by atoms with Crippen molar-refractivity contribution in [1.29, 1.82) is 0 Å². The highest BCUT2D eigenvalue weighted by atomic mass is 16.5. The van der Waals surface area contributed by atoms with Gasteiger partial charge >= 0.3 is 0 Å². The van der Waals surface area contributed by atoms with Crippen LogP contribution in [0.25, 0.3) is 0 Å². The van der Waals surface area contributed by atoms with E-state index in [1.165, 1.54) is 0 Å². The van der Waals surface area contributed by atoms with Crippen LogP contribution < -0.4 is 24.7 Å². The van der Waals surface area contributed by atoms with Crippen molar-refractivity contribution in [3.63, 3.8) is 0 Å². The summed E-state index contributed by atoms with van der Waals surface area (Å²) in [6.45, 7) is 0.812. The first kappa shape index (κ1) is 14.8. The van der Waals surface area contributed by atoms with Crippen molar-refractivity contribution in [2.45, 2.75) is 0 Å². The average molecular weight is 289 g/mol. The number of anilines is 1. The second kappa shape index (κ2) is 7.28. The summed E-state index contributed by atoms with van der Waals surface area (Å²) in [6, 6.07) is 12.7. The van der Waals surface area contributed by atoms with Gasteiger partial charge in [0, 0.05) is 6.07 Å². The minimum absolute atomic E-state index is 0.392. The van der Waals surface area contributed by atoms with Crippen LogP contribution in [-0.2, 0) is 0 Å². The molecular formula is C16H19NO4. The zero-order chi connectivity index (χ0) is 15.1. The predicted molar refractivity (Wildman–Crippen MR) is 81.4 cm³/mol. The molecule has 2 aromatic carbocycles. The third-order valence-electron chi connectivity index (χ3n) is 2.89. The molecule has 2 N–H and O–H groups in total. The van der Waals surface area contributed by atoms with Gasteiger partial charge in [0.15, 0.2) is 0 Å². The normalized spacial score (nSPS) is 10.0. The molecule has 0 radical (unpaired) electrons. The SMILES string of the molecule is COc1ccc(OCCOc2cc(OC)ccc2N)cc1. The summed E-state index contributed by atoms with van der Waals surface area (Å²) in [5, 5.41) is 0. The maximum atomic E-state index is 5.83. The van der Waals surface area contributed by atoms with Crippen LogP contribution in [0.4, 0.5) is 5.69 Å². The minimum Gasteiger partial charge on any atom is -0.497 e. The highest BCUT2D eigenvalue weighted by Crippen LogP contribution is 2.26. The summed E-state index contributed by atoms with van der Waals surface area (Å²) in [5.41, 5.74) is 6.40. The van der Waals surface area contributed by atoms with Crippen LogP contribution in [0.1, 0.15) is 0 Å². The smallest absolute Gasteiger partial charge is 0.146 e. The molecule has 0 bridgehead atoms. The van der Waals surface area contributed by atoms with E-state index in [0.717, 1.165) is 11.5 Å². The number of nitrogens with two attached hydrogens (primary N) is 1. The van der Waals surface area contributed by atoms with E-state index < -0.39 is 0 Å². The minimum atomic E-state index is 0.392. The summed E-state index contributed by atoms with van der Waals surface area (Å²) < 4.78 is 21.4. The summed E-state index contributed by atoms with van der Waals surface area (Å²) in [6.07, 6.45) is 0. The Hall–Kier alpha value is -2.56. The average Bonchev–Trinajstić information content (AvgIpc) is 2.53. The molecule has 0 aliphatic carbocycles. The molecule has 0 aliphatic heterocycles. The first-order chi connectivity index (χ1) is 10.2. The van der Waals surface area contributed by atoms with Crippen molar-refractivity contribution in [3.05, 3.63) is 42.5 Å². The molecule has 112 valence electrons. The van der Waals surface area contributed by atoms with E-state index in [1.807, 2.05) is 24.3 Å². The lowest BCUT2D eigenvalue weighted by molar-refractivity contribution is 0.217. The van der Waals surface area contributed by atoms with Crippen molar-refractivity contribution < 1.29 is 18.9 Å². The number of hydrogen-bond acceptors (Lipinski definition) is 5. The van der Waals surface area contributed by atoms with E-state index in [-0.39, 0.29) is 0 Å². The number of methoxy groups -OCH3 is 2.